The van der Waals surface area contributed by atoms with E-state index < -0.39 is 54.7 Å². The van der Waals surface area contributed by atoms with E-state index in [0.29, 0.717) is 0 Å². The van der Waals surface area contributed by atoms with Gasteiger partial charge in [-0.2, -0.15) is 0 Å². The lowest BCUT2D eigenvalue weighted by atomic mass is 9.91. The van der Waals surface area contributed by atoms with Crippen molar-refractivity contribution in [2.45, 2.75) is 95.7 Å². The Morgan fingerprint density at radius 3 is 2.00 bits per heavy atom. The van der Waals surface area contributed by atoms with Crippen LogP contribution in [-0.2, 0) is 23.8 Å². The van der Waals surface area contributed by atoms with Crippen molar-refractivity contribution in [3.05, 3.63) is 0 Å². The first-order valence-electron chi connectivity index (χ1n) is 9.15. The SMILES string of the molecule is CC(=O)NC1[C@H](O[C@@H]2C(NC(C)=O)[C@H](C)OC(C)[C@@H]2N)OC(C)[C@H](O)[C@@H]1O. The van der Waals surface area contributed by atoms with E-state index in [2.05, 4.69) is 10.6 Å². The van der Waals surface area contributed by atoms with Gasteiger partial charge in [0.1, 0.15) is 24.4 Å². The van der Waals surface area contributed by atoms with Gasteiger partial charge in [-0.05, 0) is 20.8 Å². The molecule has 2 aliphatic heterocycles. The van der Waals surface area contributed by atoms with Gasteiger partial charge < -0.3 is 40.8 Å². The maximum atomic E-state index is 11.6. The second-order valence-electron chi connectivity index (χ2n) is 7.37. The number of carbonyl (C=O) groups excluding carboxylic acids is 2. The molecule has 0 aliphatic carbocycles. The smallest absolute Gasteiger partial charge is 0.217 e. The largest absolute Gasteiger partial charge is 0.388 e. The number of aliphatic hydroxyl groups excluding tert-OH is 2. The van der Waals surface area contributed by atoms with E-state index in [4.69, 9.17) is 19.9 Å². The Balaban J connectivity index is 2.26. The van der Waals surface area contributed by atoms with Crippen LogP contribution in [0.2, 0.25) is 0 Å². The molecule has 2 heterocycles. The molecule has 10 heteroatoms. The number of rotatable bonds is 4. The Bertz CT molecular complexity index is 549. The second kappa shape index (κ2) is 8.80. The number of carbonyl (C=O) groups is 2. The summed E-state index contributed by atoms with van der Waals surface area (Å²) in [5, 5.41) is 25.8. The summed E-state index contributed by atoms with van der Waals surface area (Å²) in [5.74, 6) is -0.674. The highest BCUT2D eigenvalue weighted by Crippen LogP contribution is 2.28. The normalized spacial score (nSPS) is 45.2. The van der Waals surface area contributed by atoms with Gasteiger partial charge in [0.2, 0.25) is 11.8 Å². The molecule has 2 fully saturated rings. The van der Waals surface area contributed by atoms with E-state index in [9.17, 15) is 19.8 Å². The predicted octanol–water partition coefficient (Wildman–Crippen LogP) is -2.02. The van der Waals surface area contributed by atoms with Crippen molar-refractivity contribution in [3.63, 3.8) is 0 Å². The number of hydrogen-bond donors (Lipinski definition) is 5. The van der Waals surface area contributed by atoms with Crippen LogP contribution in [0.4, 0.5) is 0 Å². The fourth-order valence-corrected chi connectivity index (χ4v) is 3.58. The second-order valence-corrected chi connectivity index (χ2v) is 7.37. The lowest BCUT2D eigenvalue weighted by molar-refractivity contribution is -0.288. The molecule has 2 saturated heterocycles. The summed E-state index contributed by atoms with van der Waals surface area (Å²) in [6.45, 7) is 7.86. The zero-order chi connectivity index (χ0) is 20.5. The van der Waals surface area contributed by atoms with Gasteiger partial charge in [-0.1, -0.05) is 0 Å². The number of nitrogens with two attached hydrogens (primary N) is 1. The molecule has 2 aliphatic rings. The lowest BCUT2D eigenvalue weighted by Crippen LogP contribution is -2.69. The summed E-state index contributed by atoms with van der Waals surface area (Å²) < 4.78 is 17.5. The third kappa shape index (κ3) is 4.95. The molecule has 27 heavy (non-hydrogen) atoms. The molecule has 0 bridgehead atoms. The Morgan fingerprint density at radius 1 is 0.889 bits per heavy atom. The molecule has 0 aromatic carbocycles. The van der Waals surface area contributed by atoms with Gasteiger partial charge >= 0.3 is 0 Å². The molecule has 4 unspecified atom stereocenters. The Labute approximate surface area is 158 Å². The van der Waals surface area contributed by atoms with Crippen LogP contribution in [0.3, 0.4) is 0 Å². The van der Waals surface area contributed by atoms with E-state index in [1.54, 1.807) is 20.8 Å². The standard InChI is InChI=1S/C17H31N3O7/c1-6-11(18)16(12(7(2)25-6)19-9(4)21)27-17-13(20-10(5)22)15(24)14(23)8(3)26-17/h6-8,11-17,23-24H,18H2,1-5H3,(H,19,21)(H,20,22)/t6?,7-,8?,11-,12?,13?,14-,15+,16-,17-/m0/s1. The lowest BCUT2D eigenvalue weighted by Gasteiger charge is -2.48. The zero-order valence-corrected chi connectivity index (χ0v) is 16.3. The average Bonchev–Trinajstić information content (AvgIpc) is 2.56. The predicted molar refractivity (Wildman–Crippen MR) is 94.4 cm³/mol. The van der Waals surface area contributed by atoms with Crippen LogP contribution in [0.15, 0.2) is 0 Å². The summed E-state index contributed by atoms with van der Waals surface area (Å²) in [7, 11) is 0. The van der Waals surface area contributed by atoms with Crippen molar-refractivity contribution in [2.75, 3.05) is 0 Å². The molecule has 0 radical (unpaired) electrons. The van der Waals surface area contributed by atoms with E-state index >= 15 is 0 Å². The van der Waals surface area contributed by atoms with Crippen LogP contribution in [0.5, 0.6) is 0 Å². The minimum absolute atomic E-state index is 0.266. The Morgan fingerprint density at radius 2 is 1.44 bits per heavy atom. The first-order chi connectivity index (χ1) is 12.5. The molecule has 10 nitrogen and oxygen atoms in total. The van der Waals surface area contributed by atoms with Crippen molar-refractivity contribution >= 4 is 11.8 Å². The number of nitrogens with one attached hydrogen (secondary N) is 2. The fraction of sp³-hybridized carbons (Fsp3) is 0.882. The summed E-state index contributed by atoms with van der Waals surface area (Å²) in [6.07, 6.45) is -5.66. The van der Waals surface area contributed by atoms with Gasteiger partial charge in [0, 0.05) is 13.8 Å². The minimum Gasteiger partial charge on any atom is -0.388 e. The molecule has 2 amide bonds. The van der Waals surface area contributed by atoms with Crippen molar-refractivity contribution < 1.29 is 34.0 Å². The zero-order valence-electron chi connectivity index (χ0n) is 16.3. The van der Waals surface area contributed by atoms with Crippen molar-refractivity contribution in [2.24, 2.45) is 5.73 Å². The highest BCUT2D eigenvalue weighted by molar-refractivity contribution is 5.73. The van der Waals surface area contributed by atoms with E-state index in [1.807, 2.05) is 0 Å². The molecule has 2 rings (SSSR count). The molecule has 0 aromatic rings. The maximum absolute atomic E-state index is 11.6. The number of aliphatic hydroxyl groups is 2. The Kier molecular flexibility index (Phi) is 7.17. The topological polar surface area (TPSA) is 152 Å². The number of amides is 2. The number of ether oxygens (including phenoxy) is 3. The molecular formula is C17H31N3O7. The first-order valence-corrected chi connectivity index (χ1v) is 9.15. The van der Waals surface area contributed by atoms with E-state index in [1.165, 1.54) is 13.8 Å². The Hall–Kier alpha value is -1.30. The van der Waals surface area contributed by atoms with Crippen LogP contribution in [0.1, 0.15) is 34.6 Å². The summed E-state index contributed by atoms with van der Waals surface area (Å²) in [5.41, 5.74) is 6.26. The van der Waals surface area contributed by atoms with Crippen LogP contribution < -0.4 is 16.4 Å². The molecule has 0 spiro atoms. The van der Waals surface area contributed by atoms with Crippen molar-refractivity contribution in [1.82, 2.24) is 10.6 Å². The third-order valence-corrected chi connectivity index (χ3v) is 5.08. The molecule has 0 saturated carbocycles. The van der Waals surface area contributed by atoms with Crippen molar-refractivity contribution in [1.29, 1.82) is 0 Å². The van der Waals surface area contributed by atoms with Gasteiger partial charge in [0.25, 0.3) is 0 Å². The van der Waals surface area contributed by atoms with Gasteiger partial charge in [-0.3, -0.25) is 9.59 Å². The number of hydrogen-bond acceptors (Lipinski definition) is 8. The molecule has 0 aromatic heterocycles. The molecule has 6 N–H and O–H groups in total. The van der Waals surface area contributed by atoms with Gasteiger partial charge in [0.05, 0.1) is 30.4 Å². The van der Waals surface area contributed by atoms with E-state index in [-0.39, 0.29) is 18.1 Å². The highest BCUT2D eigenvalue weighted by Gasteiger charge is 2.49. The summed E-state index contributed by atoms with van der Waals surface area (Å²) >= 11 is 0. The highest BCUT2D eigenvalue weighted by atomic mass is 16.7. The van der Waals surface area contributed by atoms with Gasteiger partial charge in [-0.15, -0.1) is 0 Å². The van der Waals surface area contributed by atoms with Crippen LogP contribution in [-0.4, -0.2) is 83.1 Å². The molecule has 156 valence electrons. The van der Waals surface area contributed by atoms with E-state index in [0.717, 1.165) is 0 Å². The average molecular weight is 389 g/mol. The summed E-state index contributed by atoms with van der Waals surface area (Å²) in [6, 6.07) is -2.12. The minimum atomic E-state index is -1.28. The van der Waals surface area contributed by atoms with Crippen molar-refractivity contribution in [3.8, 4) is 0 Å². The van der Waals surface area contributed by atoms with Gasteiger partial charge in [0.15, 0.2) is 6.29 Å². The van der Waals surface area contributed by atoms with Gasteiger partial charge in [-0.25, -0.2) is 0 Å². The summed E-state index contributed by atoms with van der Waals surface area (Å²) in [4.78, 5) is 23.2. The first kappa shape index (κ1) is 22.0. The maximum Gasteiger partial charge on any atom is 0.217 e. The quantitative estimate of drug-likeness (QED) is 0.369. The third-order valence-electron chi connectivity index (χ3n) is 5.08. The van der Waals surface area contributed by atoms with Crippen LogP contribution in [0.25, 0.3) is 0 Å². The molecule has 10 atom stereocenters. The fourth-order valence-electron chi connectivity index (χ4n) is 3.58. The monoisotopic (exact) mass is 389 g/mol. The van der Waals surface area contributed by atoms with Crippen LogP contribution >= 0.6 is 0 Å². The molecular weight excluding hydrogens is 358 g/mol. The van der Waals surface area contributed by atoms with Crippen LogP contribution in [0, 0.1) is 0 Å².